The van der Waals surface area contributed by atoms with E-state index in [9.17, 15) is 22.1 Å². The van der Waals surface area contributed by atoms with Crippen LogP contribution in [0.5, 0.6) is 5.75 Å². The molecule has 2 heterocycles. The fraction of sp³-hybridized carbons (Fsp3) is 0.500. The molecular formula is C32H40F4N3O2PS. The molecule has 0 bridgehead atoms. The van der Waals surface area contributed by atoms with Crippen molar-refractivity contribution in [2.24, 2.45) is 0 Å². The highest BCUT2D eigenvalue weighted by Crippen LogP contribution is 2.54. The first-order valence-corrected chi connectivity index (χ1v) is 17.1. The Hall–Kier alpha value is -2.73. The third-order valence-electron chi connectivity index (χ3n) is 7.97. The van der Waals surface area contributed by atoms with Crippen LogP contribution in [0.25, 0.3) is 10.1 Å². The number of halogens is 4. The number of thiophene rings is 1. The van der Waals surface area contributed by atoms with E-state index in [1.807, 2.05) is 45.7 Å². The lowest BCUT2D eigenvalue weighted by molar-refractivity contribution is -0.126. The molecule has 1 saturated heterocycles. The number of alkyl halides is 4. The van der Waals surface area contributed by atoms with Gasteiger partial charge < -0.3 is 24.8 Å². The van der Waals surface area contributed by atoms with E-state index in [0.717, 1.165) is 11.8 Å². The van der Waals surface area contributed by atoms with E-state index < -0.39 is 32.0 Å². The molecule has 43 heavy (non-hydrogen) atoms. The maximum absolute atomic E-state index is 14.7. The Balaban J connectivity index is 1.60. The molecule has 234 valence electrons. The van der Waals surface area contributed by atoms with E-state index >= 15 is 0 Å². The summed E-state index contributed by atoms with van der Waals surface area (Å²) in [7, 11) is 0.745. The third-order valence-corrected chi connectivity index (χ3v) is 13.3. The third kappa shape index (κ3) is 7.50. The van der Waals surface area contributed by atoms with E-state index in [0.29, 0.717) is 45.1 Å². The summed E-state index contributed by atoms with van der Waals surface area (Å²) < 4.78 is 75.6. The summed E-state index contributed by atoms with van der Waals surface area (Å²) in [4.78, 5) is 2.26. The number of rotatable bonds is 9. The van der Waals surface area contributed by atoms with Gasteiger partial charge in [0, 0.05) is 29.7 Å². The number of ether oxygens (including phenoxy) is 1. The first kappa shape index (κ1) is 33.2. The van der Waals surface area contributed by atoms with Crippen LogP contribution in [0.4, 0.5) is 28.9 Å². The van der Waals surface area contributed by atoms with Crippen molar-refractivity contribution in [1.82, 2.24) is 4.90 Å². The normalized spacial score (nSPS) is 18.1. The average molecular weight is 638 g/mol. The summed E-state index contributed by atoms with van der Waals surface area (Å²) in [6.07, 6.45) is -5.99. The van der Waals surface area contributed by atoms with Crippen LogP contribution in [-0.2, 0) is 11.0 Å². The van der Waals surface area contributed by atoms with Crippen molar-refractivity contribution in [3.8, 4) is 17.6 Å². The van der Waals surface area contributed by atoms with Crippen LogP contribution in [0, 0.1) is 11.8 Å². The second-order valence-electron chi connectivity index (χ2n) is 11.6. The van der Waals surface area contributed by atoms with Gasteiger partial charge in [-0.25, -0.2) is 4.39 Å². The van der Waals surface area contributed by atoms with E-state index in [1.165, 1.54) is 18.4 Å². The number of anilines is 2. The van der Waals surface area contributed by atoms with Gasteiger partial charge in [-0.15, -0.1) is 11.3 Å². The van der Waals surface area contributed by atoms with Gasteiger partial charge >= 0.3 is 6.18 Å². The number of hydrogen-bond acceptors (Lipinski definition) is 6. The van der Waals surface area contributed by atoms with Crippen LogP contribution < -0.4 is 20.7 Å². The minimum atomic E-state index is -4.41. The van der Waals surface area contributed by atoms with Crippen molar-refractivity contribution in [3.63, 3.8) is 0 Å². The number of piperidine rings is 1. The fourth-order valence-corrected chi connectivity index (χ4v) is 9.86. The van der Waals surface area contributed by atoms with Crippen molar-refractivity contribution in [2.75, 3.05) is 44.4 Å². The lowest BCUT2D eigenvalue weighted by Gasteiger charge is -2.33. The average Bonchev–Trinajstić information content (AvgIpc) is 3.28. The Morgan fingerprint density at radius 1 is 1.14 bits per heavy atom. The second-order valence-corrected chi connectivity index (χ2v) is 16.7. The predicted molar refractivity (Wildman–Crippen MR) is 172 cm³/mol. The molecule has 1 aromatic heterocycles. The molecule has 4 rings (SSSR count). The van der Waals surface area contributed by atoms with Crippen molar-refractivity contribution < 1.29 is 26.9 Å². The molecule has 0 spiro atoms. The highest BCUT2D eigenvalue weighted by atomic mass is 32.1. The van der Waals surface area contributed by atoms with Gasteiger partial charge in [0.25, 0.3) is 0 Å². The van der Waals surface area contributed by atoms with Crippen molar-refractivity contribution >= 4 is 45.2 Å². The molecule has 1 unspecified atom stereocenters. The van der Waals surface area contributed by atoms with Gasteiger partial charge in [-0.3, -0.25) is 0 Å². The summed E-state index contributed by atoms with van der Waals surface area (Å²) >= 11 is 1.19. The van der Waals surface area contributed by atoms with Crippen LogP contribution in [0.2, 0.25) is 0 Å². The van der Waals surface area contributed by atoms with Crippen LogP contribution in [0.1, 0.15) is 44.6 Å². The Morgan fingerprint density at radius 3 is 2.49 bits per heavy atom. The largest absolute Gasteiger partial charge is 0.495 e. The first-order valence-electron chi connectivity index (χ1n) is 14.5. The first-order chi connectivity index (χ1) is 20.2. The zero-order chi connectivity index (χ0) is 31.5. The maximum atomic E-state index is 14.7. The van der Waals surface area contributed by atoms with Gasteiger partial charge in [0.15, 0.2) is 0 Å². The van der Waals surface area contributed by atoms with Crippen molar-refractivity contribution in [2.45, 2.75) is 70.2 Å². The zero-order valence-corrected chi connectivity index (χ0v) is 27.2. The molecule has 0 aliphatic carbocycles. The number of nitrogens with zero attached hydrogens (tertiary/aromatic N) is 1. The Kier molecular flexibility index (Phi) is 10.4. The Bertz CT molecular complexity index is 1530. The van der Waals surface area contributed by atoms with Gasteiger partial charge in [0.05, 0.1) is 47.1 Å². The van der Waals surface area contributed by atoms with E-state index in [-0.39, 0.29) is 23.4 Å². The number of fused-ring (bicyclic) bond motifs is 1. The highest BCUT2D eigenvalue weighted by molar-refractivity contribution is 7.72. The van der Waals surface area contributed by atoms with Gasteiger partial charge in [-0.05, 0) is 48.7 Å². The van der Waals surface area contributed by atoms with Crippen molar-refractivity contribution in [1.29, 1.82) is 0 Å². The molecule has 1 fully saturated rings. The fourth-order valence-electron chi connectivity index (χ4n) is 5.68. The summed E-state index contributed by atoms with van der Waals surface area (Å²) in [5, 5.41) is 7.67. The standard InChI is InChI=1S/C32H40F4N3O2PS/c1-20(2)42(40,21(3)4)22-12-13-27(29(17-22)41-6)37-15-8-11-30-24(18-32(34,35)36)23-9-7-10-28(31(23)43-30)38-26-14-16-39(5)19-25(26)33/h7,9-10,12-13,17,20-21,25-26,37-38H,14-16,18-19H2,1-6H3/t25-,26?/m1/s1. The molecule has 2 aromatic carbocycles. The maximum Gasteiger partial charge on any atom is 0.393 e. The van der Waals surface area contributed by atoms with Gasteiger partial charge in [-0.2, -0.15) is 13.2 Å². The molecule has 2 atom stereocenters. The second kappa shape index (κ2) is 13.5. The Morgan fingerprint density at radius 2 is 1.86 bits per heavy atom. The molecule has 1 aliphatic rings. The molecule has 0 radical (unpaired) electrons. The molecule has 3 aromatic rings. The lowest BCUT2D eigenvalue weighted by Crippen LogP contribution is -2.46. The summed E-state index contributed by atoms with van der Waals surface area (Å²) in [6.45, 7) is 9.05. The van der Waals surface area contributed by atoms with Crippen LogP contribution in [0.3, 0.4) is 0 Å². The van der Waals surface area contributed by atoms with Crippen LogP contribution >= 0.6 is 18.5 Å². The zero-order valence-electron chi connectivity index (χ0n) is 25.4. The lowest BCUT2D eigenvalue weighted by atomic mass is 10.0. The smallest absolute Gasteiger partial charge is 0.393 e. The molecule has 5 nitrogen and oxygen atoms in total. The van der Waals surface area contributed by atoms with Gasteiger partial charge in [0.1, 0.15) is 19.1 Å². The molecule has 0 amide bonds. The SMILES string of the molecule is COc1cc(P(=O)(C(C)C)C(C)C)ccc1NCC#Cc1sc2c(NC3CCN(C)C[C@H]3F)cccc2c1CC(F)(F)F. The molecule has 11 heteroatoms. The van der Waals surface area contributed by atoms with Crippen molar-refractivity contribution in [3.05, 3.63) is 46.8 Å². The summed E-state index contributed by atoms with van der Waals surface area (Å²) in [5.74, 6) is 6.45. The van der Waals surface area contributed by atoms with Gasteiger partial charge in [-0.1, -0.05) is 51.7 Å². The van der Waals surface area contributed by atoms with E-state index in [2.05, 4.69) is 22.5 Å². The molecule has 0 saturated carbocycles. The summed E-state index contributed by atoms with van der Waals surface area (Å²) in [6, 6.07) is 10.2. The minimum Gasteiger partial charge on any atom is -0.495 e. The van der Waals surface area contributed by atoms with Crippen LogP contribution in [0.15, 0.2) is 36.4 Å². The topological polar surface area (TPSA) is 53.6 Å². The quantitative estimate of drug-likeness (QED) is 0.143. The summed E-state index contributed by atoms with van der Waals surface area (Å²) in [5.41, 5.74) is 1.36. The molecule has 2 N–H and O–H groups in total. The number of methoxy groups -OCH3 is 1. The van der Waals surface area contributed by atoms with E-state index in [4.69, 9.17) is 4.74 Å². The van der Waals surface area contributed by atoms with Crippen LogP contribution in [-0.4, -0.2) is 68.4 Å². The minimum absolute atomic E-state index is 0.0208. The number of benzene rings is 2. The number of nitrogens with one attached hydrogen (secondary N) is 2. The molecular weight excluding hydrogens is 597 g/mol. The number of hydrogen-bond donors (Lipinski definition) is 2. The van der Waals surface area contributed by atoms with E-state index in [1.54, 1.807) is 30.3 Å². The number of likely N-dealkylation sites (tertiary alicyclic amines) is 1. The predicted octanol–water partition coefficient (Wildman–Crippen LogP) is 7.74. The van der Waals surface area contributed by atoms with Gasteiger partial charge in [0.2, 0.25) is 0 Å². The highest BCUT2D eigenvalue weighted by Gasteiger charge is 2.34. The Labute approximate surface area is 255 Å². The molecule has 1 aliphatic heterocycles. The monoisotopic (exact) mass is 637 g/mol.